The van der Waals surface area contributed by atoms with E-state index in [1.165, 1.54) is 0 Å². The summed E-state index contributed by atoms with van der Waals surface area (Å²) in [5, 5.41) is 12.2. The standard InChI is InChI=1S/C24H19BrN2O2/c1-17-6-5-9-21(12-17)27-24(28)20(15-26)13-19-10-11-23(22(25)14-19)29-16-18-7-3-2-4-8-18/h2-14H,16H2,1H3,(H,27,28)/b20-13-. The molecule has 144 valence electrons. The molecule has 0 heterocycles. The van der Waals surface area contributed by atoms with E-state index in [0.717, 1.165) is 21.2 Å². The molecule has 1 N–H and O–H groups in total. The van der Waals surface area contributed by atoms with Crippen molar-refractivity contribution in [1.82, 2.24) is 0 Å². The van der Waals surface area contributed by atoms with Crippen LogP contribution in [0.15, 0.2) is 82.8 Å². The first-order chi connectivity index (χ1) is 14.0. The maximum Gasteiger partial charge on any atom is 0.266 e. The minimum absolute atomic E-state index is 0.0244. The average Bonchev–Trinajstić information content (AvgIpc) is 2.72. The molecule has 0 saturated heterocycles. The first-order valence-electron chi connectivity index (χ1n) is 9.01. The van der Waals surface area contributed by atoms with Crippen molar-refractivity contribution in [2.45, 2.75) is 13.5 Å². The van der Waals surface area contributed by atoms with Gasteiger partial charge in [0.2, 0.25) is 0 Å². The molecule has 0 unspecified atom stereocenters. The smallest absolute Gasteiger partial charge is 0.266 e. The monoisotopic (exact) mass is 446 g/mol. The van der Waals surface area contributed by atoms with Crippen molar-refractivity contribution in [1.29, 1.82) is 5.26 Å². The van der Waals surface area contributed by atoms with Gasteiger partial charge in [0.25, 0.3) is 5.91 Å². The second kappa shape index (κ2) is 9.72. The Morgan fingerprint density at radius 1 is 1.10 bits per heavy atom. The Morgan fingerprint density at radius 2 is 1.90 bits per heavy atom. The molecule has 0 aliphatic carbocycles. The molecule has 0 aliphatic rings. The van der Waals surface area contributed by atoms with Crippen LogP contribution in [0.4, 0.5) is 5.69 Å². The molecule has 3 aromatic carbocycles. The van der Waals surface area contributed by atoms with Gasteiger partial charge in [-0.3, -0.25) is 4.79 Å². The molecule has 0 aromatic heterocycles. The molecule has 0 aliphatic heterocycles. The third kappa shape index (κ3) is 5.81. The largest absolute Gasteiger partial charge is 0.488 e. The lowest BCUT2D eigenvalue weighted by atomic mass is 10.1. The lowest BCUT2D eigenvalue weighted by molar-refractivity contribution is -0.112. The van der Waals surface area contributed by atoms with E-state index in [4.69, 9.17) is 4.74 Å². The van der Waals surface area contributed by atoms with Crippen LogP contribution >= 0.6 is 15.9 Å². The Labute approximate surface area is 178 Å². The van der Waals surface area contributed by atoms with E-state index in [-0.39, 0.29) is 5.57 Å². The Kier molecular flexibility index (Phi) is 6.83. The third-order valence-electron chi connectivity index (χ3n) is 4.15. The fourth-order valence-electron chi connectivity index (χ4n) is 2.70. The number of aryl methyl sites for hydroxylation is 1. The highest BCUT2D eigenvalue weighted by Gasteiger charge is 2.10. The summed E-state index contributed by atoms with van der Waals surface area (Å²) in [5.41, 5.74) is 3.50. The summed E-state index contributed by atoms with van der Waals surface area (Å²) in [6.07, 6.45) is 1.55. The van der Waals surface area contributed by atoms with Crippen LogP contribution in [-0.2, 0) is 11.4 Å². The van der Waals surface area contributed by atoms with Crippen LogP contribution in [0.3, 0.4) is 0 Å². The van der Waals surface area contributed by atoms with E-state index in [1.54, 1.807) is 12.1 Å². The first-order valence-corrected chi connectivity index (χ1v) is 9.80. The molecule has 0 saturated carbocycles. The topological polar surface area (TPSA) is 62.1 Å². The number of anilines is 1. The van der Waals surface area contributed by atoms with Crippen LogP contribution < -0.4 is 10.1 Å². The van der Waals surface area contributed by atoms with Gasteiger partial charge in [-0.25, -0.2) is 0 Å². The zero-order valence-electron chi connectivity index (χ0n) is 15.9. The van der Waals surface area contributed by atoms with Crippen molar-refractivity contribution in [3.63, 3.8) is 0 Å². The number of nitrogens with zero attached hydrogens (tertiary/aromatic N) is 1. The van der Waals surface area contributed by atoms with E-state index in [0.29, 0.717) is 18.0 Å². The average molecular weight is 447 g/mol. The Morgan fingerprint density at radius 3 is 2.59 bits per heavy atom. The number of ether oxygens (including phenoxy) is 1. The fraction of sp³-hybridized carbons (Fsp3) is 0.0833. The third-order valence-corrected chi connectivity index (χ3v) is 4.76. The summed E-state index contributed by atoms with van der Waals surface area (Å²) < 4.78 is 6.58. The Bertz CT molecular complexity index is 1090. The number of benzene rings is 3. The van der Waals surface area contributed by atoms with Gasteiger partial charge in [-0.15, -0.1) is 0 Å². The van der Waals surface area contributed by atoms with Crippen molar-refractivity contribution < 1.29 is 9.53 Å². The zero-order valence-corrected chi connectivity index (χ0v) is 17.4. The second-order valence-electron chi connectivity index (χ2n) is 6.46. The summed E-state index contributed by atoms with van der Waals surface area (Å²) in [6.45, 7) is 2.40. The van der Waals surface area contributed by atoms with Gasteiger partial charge in [0.1, 0.15) is 24.0 Å². The molecule has 4 nitrogen and oxygen atoms in total. The van der Waals surface area contributed by atoms with E-state index in [9.17, 15) is 10.1 Å². The van der Waals surface area contributed by atoms with Gasteiger partial charge in [0, 0.05) is 5.69 Å². The van der Waals surface area contributed by atoms with Gasteiger partial charge in [-0.2, -0.15) is 5.26 Å². The Hall–Kier alpha value is -3.36. The molecule has 0 atom stereocenters. The number of amides is 1. The highest BCUT2D eigenvalue weighted by Crippen LogP contribution is 2.28. The number of nitriles is 1. The predicted molar refractivity (Wildman–Crippen MR) is 118 cm³/mol. The molecule has 3 aromatic rings. The predicted octanol–water partition coefficient (Wildman–Crippen LogP) is 5.88. The normalized spacial score (nSPS) is 10.9. The summed E-state index contributed by atoms with van der Waals surface area (Å²) in [5.74, 6) is 0.243. The maximum atomic E-state index is 12.4. The van der Waals surface area contributed by atoms with Crippen molar-refractivity contribution in [3.8, 4) is 11.8 Å². The number of nitrogens with one attached hydrogen (secondary N) is 1. The molecular weight excluding hydrogens is 428 g/mol. The van der Waals surface area contributed by atoms with Crippen LogP contribution in [0.5, 0.6) is 5.75 Å². The van der Waals surface area contributed by atoms with Gasteiger partial charge in [-0.05, 0) is 69.9 Å². The van der Waals surface area contributed by atoms with E-state index in [2.05, 4.69) is 21.2 Å². The molecule has 29 heavy (non-hydrogen) atoms. The maximum absolute atomic E-state index is 12.4. The number of hydrogen-bond acceptors (Lipinski definition) is 3. The van der Waals surface area contributed by atoms with Crippen molar-refractivity contribution in [2.75, 3.05) is 5.32 Å². The summed E-state index contributed by atoms with van der Waals surface area (Å²) >= 11 is 3.49. The number of carbonyl (C=O) groups excluding carboxylic acids is 1. The summed E-state index contributed by atoms with van der Waals surface area (Å²) in [7, 11) is 0. The number of halogens is 1. The second-order valence-corrected chi connectivity index (χ2v) is 7.31. The van der Waals surface area contributed by atoms with Gasteiger partial charge < -0.3 is 10.1 Å². The number of hydrogen-bond donors (Lipinski definition) is 1. The lowest BCUT2D eigenvalue weighted by Gasteiger charge is -2.09. The Balaban J connectivity index is 1.71. The molecule has 1 amide bonds. The van der Waals surface area contributed by atoms with Crippen LogP contribution in [0.1, 0.15) is 16.7 Å². The summed E-state index contributed by atoms with van der Waals surface area (Å²) in [4.78, 5) is 12.4. The molecule has 0 bridgehead atoms. The van der Waals surface area contributed by atoms with Gasteiger partial charge in [0.15, 0.2) is 0 Å². The van der Waals surface area contributed by atoms with Crippen LogP contribution in [0.2, 0.25) is 0 Å². The highest BCUT2D eigenvalue weighted by molar-refractivity contribution is 9.10. The van der Waals surface area contributed by atoms with Gasteiger partial charge >= 0.3 is 0 Å². The van der Waals surface area contributed by atoms with Crippen LogP contribution in [-0.4, -0.2) is 5.91 Å². The van der Waals surface area contributed by atoms with E-state index >= 15 is 0 Å². The molecule has 3 rings (SSSR count). The van der Waals surface area contributed by atoms with Gasteiger partial charge in [-0.1, -0.05) is 48.5 Å². The quantitative estimate of drug-likeness (QED) is 0.379. The highest BCUT2D eigenvalue weighted by atomic mass is 79.9. The molecule has 0 spiro atoms. The molecule has 5 heteroatoms. The van der Waals surface area contributed by atoms with E-state index in [1.807, 2.05) is 79.7 Å². The fourth-order valence-corrected chi connectivity index (χ4v) is 3.21. The molecular formula is C24H19BrN2O2. The van der Waals surface area contributed by atoms with Crippen molar-refractivity contribution in [2.24, 2.45) is 0 Å². The SMILES string of the molecule is Cc1cccc(NC(=O)/C(C#N)=C\c2ccc(OCc3ccccc3)c(Br)c2)c1. The minimum atomic E-state index is -0.446. The lowest BCUT2D eigenvalue weighted by Crippen LogP contribution is -2.13. The molecule has 0 radical (unpaired) electrons. The number of rotatable bonds is 6. The molecule has 0 fully saturated rings. The summed E-state index contributed by atoms with van der Waals surface area (Å²) in [6, 6.07) is 24.7. The zero-order chi connectivity index (χ0) is 20.6. The number of carbonyl (C=O) groups is 1. The van der Waals surface area contributed by atoms with Gasteiger partial charge in [0.05, 0.1) is 4.47 Å². The minimum Gasteiger partial charge on any atom is -0.488 e. The van der Waals surface area contributed by atoms with Crippen molar-refractivity contribution in [3.05, 3.63) is 99.5 Å². The first kappa shape index (κ1) is 20.4. The van der Waals surface area contributed by atoms with E-state index < -0.39 is 5.91 Å². The van der Waals surface area contributed by atoms with Crippen LogP contribution in [0.25, 0.3) is 6.08 Å². The van der Waals surface area contributed by atoms with Crippen LogP contribution in [0, 0.1) is 18.3 Å². The van der Waals surface area contributed by atoms with Crippen molar-refractivity contribution >= 4 is 33.6 Å².